The maximum atomic E-state index is 13.1. The molecule has 29 heavy (non-hydrogen) atoms. The van der Waals surface area contributed by atoms with E-state index in [4.69, 9.17) is 0 Å². The summed E-state index contributed by atoms with van der Waals surface area (Å²) in [6, 6.07) is 0.116. The molecule has 1 aromatic heterocycles. The van der Waals surface area contributed by atoms with E-state index in [0.717, 1.165) is 17.5 Å². The molecule has 7 nitrogen and oxygen atoms in total. The van der Waals surface area contributed by atoms with Gasteiger partial charge in [-0.2, -0.15) is 18.3 Å². The Bertz CT molecular complexity index is 696. The highest BCUT2D eigenvalue weighted by Crippen LogP contribution is 2.30. The van der Waals surface area contributed by atoms with E-state index in [0.29, 0.717) is 25.6 Å². The molecule has 1 aliphatic heterocycles. The van der Waals surface area contributed by atoms with Gasteiger partial charge in [-0.25, -0.2) is 4.99 Å². The second-order valence-electron chi connectivity index (χ2n) is 7.27. The highest BCUT2D eigenvalue weighted by atomic mass is 127. The van der Waals surface area contributed by atoms with Crippen LogP contribution in [-0.2, 0) is 24.6 Å². The van der Waals surface area contributed by atoms with Gasteiger partial charge in [0.25, 0.3) is 0 Å². The van der Waals surface area contributed by atoms with Gasteiger partial charge in [0.1, 0.15) is 0 Å². The van der Waals surface area contributed by atoms with E-state index < -0.39 is 11.9 Å². The van der Waals surface area contributed by atoms with Gasteiger partial charge >= 0.3 is 6.18 Å². The van der Waals surface area contributed by atoms with Crippen molar-refractivity contribution < 1.29 is 18.0 Å². The van der Waals surface area contributed by atoms with Crippen LogP contribution in [0, 0.1) is 5.92 Å². The highest BCUT2D eigenvalue weighted by Gasteiger charge is 2.36. The molecule has 0 spiro atoms. The number of rotatable bonds is 5. The summed E-state index contributed by atoms with van der Waals surface area (Å²) < 4.78 is 40.4. The average Bonchev–Trinajstić information content (AvgIpc) is 3.01. The fourth-order valence-corrected chi connectivity index (χ4v) is 3.18. The van der Waals surface area contributed by atoms with Crippen molar-refractivity contribution in [1.29, 1.82) is 0 Å². The molecular formula is C18H30F3IN6O. The van der Waals surface area contributed by atoms with Gasteiger partial charge < -0.3 is 15.5 Å². The maximum Gasteiger partial charge on any atom is 0.435 e. The molecule has 1 fully saturated rings. The lowest BCUT2D eigenvalue weighted by atomic mass is 10.0. The lowest BCUT2D eigenvalue weighted by molar-refractivity contribution is -0.142. The summed E-state index contributed by atoms with van der Waals surface area (Å²) in [6.45, 7) is 7.46. The van der Waals surface area contributed by atoms with Gasteiger partial charge in [0, 0.05) is 50.4 Å². The van der Waals surface area contributed by atoms with Crippen molar-refractivity contribution in [1.82, 2.24) is 25.3 Å². The molecule has 0 unspecified atom stereocenters. The second-order valence-corrected chi connectivity index (χ2v) is 7.27. The number of hydrogen-bond acceptors (Lipinski definition) is 3. The number of alkyl halides is 3. The third-order valence-electron chi connectivity index (χ3n) is 4.57. The number of nitrogens with one attached hydrogen (secondary N) is 2. The summed E-state index contributed by atoms with van der Waals surface area (Å²) in [5, 5.41) is 9.85. The molecule has 0 atom stereocenters. The Hall–Kier alpha value is -1.53. The van der Waals surface area contributed by atoms with Crippen LogP contribution in [0.25, 0.3) is 0 Å². The average molecular weight is 530 g/mol. The Morgan fingerprint density at radius 3 is 2.48 bits per heavy atom. The quantitative estimate of drug-likeness (QED) is 0.349. The van der Waals surface area contributed by atoms with Crippen molar-refractivity contribution in [2.24, 2.45) is 18.0 Å². The Balaban J connectivity index is 0.00000420. The Labute approximate surface area is 186 Å². The molecule has 1 amide bonds. The number of halogens is 4. The van der Waals surface area contributed by atoms with Crippen LogP contribution >= 0.6 is 24.0 Å². The molecule has 11 heteroatoms. The number of aromatic nitrogens is 2. The summed E-state index contributed by atoms with van der Waals surface area (Å²) in [5.41, 5.74) is -0.875. The lowest BCUT2D eigenvalue weighted by Crippen LogP contribution is -2.50. The number of aryl methyl sites for hydroxylation is 1. The number of nitrogens with zero attached hydrogens (tertiary/aromatic N) is 4. The van der Waals surface area contributed by atoms with Gasteiger partial charge in [-0.1, -0.05) is 13.8 Å². The predicted octanol–water partition coefficient (Wildman–Crippen LogP) is 2.76. The Kier molecular flexibility index (Phi) is 9.69. The van der Waals surface area contributed by atoms with Crippen LogP contribution in [0.2, 0.25) is 0 Å². The normalized spacial score (nSPS) is 16.0. The zero-order valence-corrected chi connectivity index (χ0v) is 19.5. The topological polar surface area (TPSA) is 74.6 Å². The molecule has 166 valence electrons. The van der Waals surface area contributed by atoms with Gasteiger partial charge in [0.2, 0.25) is 5.91 Å². The van der Waals surface area contributed by atoms with E-state index >= 15 is 0 Å². The van der Waals surface area contributed by atoms with Gasteiger partial charge in [-0.3, -0.25) is 9.48 Å². The minimum absolute atomic E-state index is 0. The molecule has 0 radical (unpaired) electrons. The SMILES string of the molecule is CCNC(=NCc1cn(C)nc1C(F)(F)F)NC1CCN(C(=O)C(C)C)CC1.I. The van der Waals surface area contributed by atoms with E-state index in [1.54, 1.807) is 0 Å². The molecule has 1 saturated heterocycles. The summed E-state index contributed by atoms with van der Waals surface area (Å²) in [6.07, 6.45) is -1.63. The first kappa shape index (κ1) is 25.5. The monoisotopic (exact) mass is 530 g/mol. The Morgan fingerprint density at radius 1 is 1.34 bits per heavy atom. The van der Waals surface area contributed by atoms with E-state index in [1.807, 2.05) is 25.7 Å². The van der Waals surface area contributed by atoms with Crippen molar-refractivity contribution >= 4 is 35.8 Å². The zero-order chi connectivity index (χ0) is 20.9. The molecule has 2 heterocycles. The van der Waals surface area contributed by atoms with Crippen LogP contribution in [0.3, 0.4) is 0 Å². The van der Waals surface area contributed by atoms with Gasteiger partial charge in [-0.15, -0.1) is 24.0 Å². The minimum atomic E-state index is -4.51. The van der Waals surface area contributed by atoms with Gasteiger partial charge in [-0.05, 0) is 19.8 Å². The molecule has 1 aliphatic rings. The van der Waals surface area contributed by atoms with Crippen molar-refractivity contribution in [2.45, 2.75) is 52.4 Å². The Morgan fingerprint density at radius 2 is 1.97 bits per heavy atom. The van der Waals surface area contributed by atoms with Crippen LogP contribution in [0.15, 0.2) is 11.2 Å². The zero-order valence-electron chi connectivity index (χ0n) is 17.2. The van der Waals surface area contributed by atoms with E-state index in [2.05, 4.69) is 20.7 Å². The van der Waals surface area contributed by atoms with E-state index in [9.17, 15) is 18.0 Å². The van der Waals surface area contributed by atoms with Crippen molar-refractivity contribution in [3.05, 3.63) is 17.5 Å². The number of carbonyl (C=O) groups is 1. The molecule has 0 aromatic carbocycles. The van der Waals surface area contributed by atoms with Crippen molar-refractivity contribution in [3.8, 4) is 0 Å². The lowest BCUT2D eigenvalue weighted by Gasteiger charge is -2.34. The van der Waals surface area contributed by atoms with E-state index in [1.165, 1.54) is 13.2 Å². The number of aliphatic imine (C=N–C) groups is 1. The standard InChI is InChI=1S/C18H29F3N6O.HI/c1-5-22-17(23-10-13-11-26(4)25-15(13)18(19,20)21)24-14-6-8-27(9-7-14)16(28)12(2)3;/h11-12,14H,5-10H2,1-4H3,(H2,22,23,24);1H. The first-order chi connectivity index (χ1) is 13.1. The number of likely N-dealkylation sites (tertiary alicyclic amines) is 1. The fourth-order valence-electron chi connectivity index (χ4n) is 3.18. The van der Waals surface area contributed by atoms with Crippen LogP contribution in [0.1, 0.15) is 44.9 Å². The maximum absolute atomic E-state index is 13.1. The predicted molar refractivity (Wildman–Crippen MR) is 116 cm³/mol. The molecule has 2 rings (SSSR count). The first-order valence-corrected chi connectivity index (χ1v) is 9.55. The van der Waals surface area contributed by atoms with Crippen LogP contribution in [0.5, 0.6) is 0 Å². The summed E-state index contributed by atoms with van der Waals surface area (Å²) in [5.74, 6) is 0.592. The summed E-state index contributed by atoms with van der Waals surface area (Å²) in [7, 11) is 1.46. The van der Waals surface area contributed by atoms with Crippen LogP contribution in [-0.4, -0.2) is 52.2 Å². The third kappa shape index (κ3) is 7.34. The van der Waals surface area contributed by atoms with Crippen LogP contribution < -0.4 is 10.6 Å². The largest absolute Gasteiger partial charge is 0.435 e. The second kappa shape index (κ2) is 11.0. The van der Waals surface area contributed by atoms with Crippen molar-refractivity contribution in [2.75, 3.05) is 19.6 Å². The number of hydrogen-bond donors (Lipinski definition) is 2. The van der Waals surface area contributed by atoms with Crippen LogP contribution in [0.4, 0.5) is 13.2 Å². The molecule has 0 saturated carbocycles. The number of piperidine rings is 1. The molecule has 2 N–H and O–H groups in total. The fraction of sp³-hybridized carbons (Fsp3) is 0.722. The number of guanidine groups is 1. The molecule has 0 bridgehead atoms. The number of carbonyl (C=O) groups excluding carboxylic acids is 1. The van der Waals surface area contributed by atoms with Crippen molar-refractivity contribution in [3.63, 3.8) is 0 Å². The van der Waals surface area contributed by atoms with Gasteiger partial charge in [0.15, 0.2) is 11.7 Å². The molecule has 1 aromatic rings. The molecule has 0 aliphatic carbocycles. The summed E-state index contributed by atoms with van der Waals surface area (Å²) >= 11 is 0. The van der Waals surface area contributed by atoms with Gasteiger partial charge in [0.05, 0.1) is 6.54 Å². The highest BCUT2D eigenvalue weighted by molar-refractivity contribution is 14.0. The molecular weight excluding hydrogens is 500 g/mol. The minimum Gasteiger partial charge on any atom is -0.357 e. The third-order valence-corrected chi connectivity index (χ3v) is 4.57. The number of amides is 1. The first-order valence-electron chi connectivity index (χ1n) is 9.55. The van der Waals surface area contributed by atoms with E-state index in [-0.39, 0.29) is 54.0 Å². The summed E-state index contributed by atoms with van der Waals surface area (Å²) in [4.78, 5) is 18.2. The smallest absolute Gasteiger partial charge is 0.357 e.